The van der Waals surface area contributed by atoms with E-state index >= 15 is 0 Å². The molecule has 1 aliphatic heterocycles. The van der Waals surface area contributed by atoms with Gasteiger partial charge in [-0.1, -0.05) is 0 Å². The zero-order valence-electron chi connectivity index (χ0n) is 8.09. The van der Waals surface area contributed by atoms with Crippen LogP contribution >= 0.6 is 0 Å². The number of rotatable bonds is 2. The highest BCUT2D eigenvalue weighted by Gasteiger charge is 2.24. The molecule has 1 aromatic rings. The molecule has 2 heterocycles. The maximum Gasteiger partial charge on any atom is 0.358 e. The number of nitrogens with zero attached hydrogens (tertiary/aromatic N) is 2. The Kier molecular flexibility index (Phi) is 2.59. The highest BCUT2D eigenvalue weighted by Crippen LogP contribution is 2.25. The number of carboxylic acid groups (broad SMARTS) is 1. The first-order valence-corrected chi connectivity index (χ1v) is 4.77. The van der Waals surface area contributed by atoms with Crippen LogP contribution < -0.4 is 0 Å². The summed E-state index contributed by atoms with van der Waals surface area (Å²) < 4.78 is 6.58. The molecular formula is C9H12N2O4. The van der Waals surface area contributed by atoms with Gasteiger partial charge in [0.15, 0.2) is 11.4 Å². The Labute approximate surface area is 86.1 Å². The molecule has 1 aromatic heterocycles. The lowest BCUT2D eigenvalue weighted by Gasteiger charge is -2.23. The quantitative estimate of drug-likeness (QED) is 0.751. The molecule has 15 heavy (non-hydrogen) atoms. The third kappa shape index (κ3) is 1.80. The van der Waals surface area contributed by atoms with Crippen molar-refractivity contribution in [3.05, 3.63) is 11.9 Å². The van der Waals surface area contributed by atoms with E-state index in [9.17, 15) is 9.90 Å². The summed E-state index contributed by atoms with van der Waals surface area (Å²) in [7, 11) is 0. The van der Waals surface area contributed by atoms with E-state index in [1.807, 2.05) is 0 Å². The van der Waals surface area contributed by atoms with Gasteiger partial charge in [0.05, 0.1) is 18.8 Å². The fourth-order valence-corrected chi connectivity index (χ4v) is 1.75. The predicted molar refractivity (Wildman–Crippen MR) is 49.9 cm³/mol. The fourth-order valence-electron chi connectivity index (χ4n) is 1.75. The molecule has 82 valence electrons. The van der Waals surface area contributed by atoms with E-state index in [2.05, 4.69) is 5.10 Å². The van der Waals surface area contributed by atoms with Crippen LogP contribution in [0.1, 0.15) is 29.4 Å². The largest absolute Gasteiger partial charge is 0.504 e. The van der Waals surface area contributed by atoms with E-state index in [-0.39, 0.29) is 17.5 Å². The number of carboxylic acids is 1. The Morgan fingerprint density at radius 1 is 1.67 bits per heavy atom. The highest BCUT2D eigenvalue weighted by atomic mass is 16.5. The Morgan fingerprint density at radius 2 is 2.47 bits per heavy atom. The SMILES string of the molecule is O=C(O)c1c(O)cnn1C1CCCOC1. The Balaban J connectivity index is 2.30. The van der Waals surface area contributed by atoms with Gasteiger partial charge >= 0.3 is 5.97 Å². The van der Waals surface area contributed by atoms with E-state index in [0.29, 0.717) is 13.2 Å². The van der Waals surface area contributed by atoms with Gasteiger partial charge in [-0.2, -0.15) is 5.10 Å². The molecule has 1 unspecified atom stereocenters. The van der Waals surface area contributed by atoms with Crippen LogP contribution in [0.5, 0.6) is 5.75 Å². The van der Waals surface area contributed by atoms with E-state index in [1.54, 1.807) is 0 Å². The molecule has 0 spiro atoms. The van der Waals surface area contributed by atoms with Crippen LogP contribution in [-0.4, -0.2) is 39.2 Å². The molecule has 6 heteroatoms. The van der Waals surface area contributed by atoms with Crippen LogP contribution in [0.4, 0.5) is 0 Å². The van der Waals surface area contributed by atoms with Crippen LogP contribution in [-0.2, 0) is 4.74 Å². The molecule has 0 bridgehead atoms. The summed E-state index contributed by atoms with van der Waals surface area (Å²) in [5, 5.41) is 22.1. The molecular weight excluding hydrogens is 200 g/mol. The third-order valence-corrected chi connectivity index (χ3v) is 2.46. The van der Waals surface area contributed by atoms with Crippen molar-refractivity contribution in [2.75, 3.05) is 13.2 Å². The first kappa shape index (κ1) is 9.97. The number of aromatic hydroxyl groups is 1. The van der Waals surface area contributed by atoms with E-state index in [4.69, 9.17) is 9.84 Å². The molecule has 2 N–H and O–H groups in total. The second-order valence-electron chi connectivity index (χ2n) is 3.50. The van der Waals surface area contributed by atoms with Crippen molar-refractivity contribution in [1.82, 2.24) is 9.78 Å². The van der Waals surface area contributed by atoms with Gasteiger partial charge in [-0.3, -0.25) is 0 Å². The van der Waals surface area contributed by atoms with Gasteiger partial charge in [0.1, 0.15) is 0 Å². The molecule has 1 atom stereocenters. The average Bonchev–Trinajstić information content (AvgIpc) is 2.61. The molecule has 1 fully saturated rings. The Morgan fingerprint density at radius 3 is 3.07 bits per heavy atom. The Bertz CT molecular complexity index is 368. The molecule has 1 saturated heterocycles. The van der Waals surface area contributed by atoms with Crippen LogP contribution in [0, 0.1) is 0 Å². The minimum absolute atomic E-state index is 0.0919. The summed E-state index contributed by atoms with van der Waals surface area (Å²) >= 11 is 0. The van der Waals surface area contributed by atoms with Gasteiger partial charge in [0.25, 0.3) is 0 Å². The number of ether oxygens (including phenoxy) is 1. The first-order valence-electron chi connectivity index (χ1n) is 4.77. The topological polar surface area (TPSA) is 84.6 Å². The predicted octanol–water partition coefficient (Wildman–Crippen LogP) is 0.638. The molecule has 1 aliphatic rings. The van der Waals surface area contributed by atoms with Gasteiger partial charge in [0.2, 0.25) is 0 Å². The van der Waals surface area contributed by atoms with Crippen molar-refractivity contribution in [3.63, 3.8) is 0 Å². The van der Waals surface area contributed by atoms with E-state index < -0.39 is 5.97 Å². The molecule has 2 rings (SSSR count). The third-order valence-electron chi connectivity index (χ3n) is 2.46. The van der Waals surface area contributed by atoms with Gasteiger partial charge < -0.3 is 14.9 Å². The van der Waals surface area contributed by atoms with Crippen LogP contribution in [0.15, 0.2) is 6.20 Å². The van der Waals surface area contributed by atoms with Gasteiger partial charge in [0, 0.05) is 6.61 Å². The van der Waals surface area contributed by atoms with Crippen molar-refractivity contribution in [2.45, 2.75) is 18.9 Å². The number of hydrogen-bond acceptors (Lipinski definition) is 4. The summed E-state index contributed by atoms with van der Waals surface area (Å²) in [6.07, 6.45) is 2.85. The lowest BCUT2D eigenvalue weighted by Crippen LogP contribution is -2.24. The second-order valence-corrected chi connectivity index (χ2v) is 3.50. The number of hydrogen-bond donors (Lipinski definition) is 2. The first-order chi connectivity index (χ1) is 7.20. The lowest BCUT2D eigenvalue weighted by atomic mass is 10.1. The van der Waals surface area contributed by atoms with Crippen LogP contribution in [0.2, 0.25) is 0 Å². The minimum atomic E-state index is -1.17. The van der Waals surface area contributed by atoms with Crippen LogP contribution in [0.3, 0.4) is 0 Å². The molecule has 0 saturated carbocycles. The maximum absolute atomic E-state index is 10.9. The monoisotopic (exact) mass is 212 g/mol. The molecule has 0 aliphatic carbocycles. The van der Waals surface area contributed by atoms with Crippen molar-refractivity contribution >= 4 is 5.97 Å². The van der Waals surface area contributed by atoms with Crippen molar-refractivity contribution in [1.29, 1.82) is 0 Å². The highest BCUT2D eigenvalue weighted by molar-refractivity contribution is 5.88. The summed E-state index contributed by atoms with van der Waals surface area (Å²) in [6, 6.07) is -0.0919. The van der Waals surface area contributed by atoms with Crippen molar-refractivity contribution in [3.8, 4) is 5.75 Å². The normalized spacial score (nSPS) is 21.5. The van der Waals surface area contributed by atoms with Gasteiger partial charge in [-0.05, 0) is 12.8 Å². The molecule has 0 radical (unpaired) electrons. The molecule has 0 aromatic carbocycles. The minimum Gasteiger partial charge on any atom is -0.504 e. The van der Waals surface area contributed by atoms with E-state index in [0.717, 1.165) is 19.0 Å². The van der Waals surface area contributed by atoms with Gasteiger partial charge in [-0.15, -0.1) is 0 Å². The summed E-state index contributed by atoms with van der Waals surface area (Å²) in [6.45, 7) is 1.15. The van der Waals surface area contributed by atoms with Gasteiger partial charge in [-0.25, -0.2) is 9.48 Å². The zero-order valence-corrected chi connectivity index (χ0v) is 8.09. The van der Waals surface area contributed by atoms with Crippen molar-refractivity contribution in [2.24, 2.45) is 0 Å². The average molecular weight is 212 g/mol. The Hall–Kier alpha value is -1.56. The molecule has 0 amide bonds. The van der Waals surface area contributed by atoms with Crippen LogP contribution in [0.25, 0.3) is 0 Å². The second kappa shape index (κ2) is 3.90. The summed E-state index contributed by atoms with van der Waals surface area (Å²) in [4.78, 5) is 10.9. The summed E-state index contributed by atoms with van der Waals surface area (Å²) in [5.41, 5.74) is -0.162. The lowest BCUT2D eigenvalue weighted by molar-refractivity contribution is 0.0497. The fraction of sp³-hybridized carbons (Fsp3) is 0.556. The maximum atomic E-state index is 10.9. The number of carbonyl (C=O) groups is 1. The number of aromatic nitrogens is 2. The smallest absolute Gasteiger partial charge is 0.358 e. The standard InChI is InChI=1S/C9H12N2O4/c12-7-4-10-11(8(7)9(13)14)6-2-1-3-15-5-6/h4,6,12H,1-3,5H2,(H,13,14). The number of aromatic carboxylic acids is 1. The summed E-state index contributed by atoms with van der Waals surface area (Å²) in [5.74, 6) is -1.47. The van der Waals surface area contributed by atoms with Crippen molar-refractivity contribution < 1.29 is 19.7 Å². The van der Waals surface area contributed by atoms with E-state index in [1.165, 1.54) is 4.68 Å². The molecule has 6 nitrogen and oxygen atoms in total. The zero-order chi connectivity index (χ0) is 10.8.